The van der Waals surface area contributed by atoms with Gasteiger partial charge in [0.1, 0.15) is 11.8 Å². The van der Waals surface area contributed by atoms with Crippen LogP contribution in [0.15, 0.2) is 17.2 Å². The highest BCUT2D eigenvalue weighted by molar-refractivity contribution is 6.46. The Kier molecular flexibility index (Phi) is 7.65. The van der Waals surface area contributed by atoms with Gasteiger partial charge >= 0.3 is 0 Å². The first-order chi connectivity index (χ1) is 11.9. The highest BCUT2D eigenvalue weighted by atomic mass is 35.5. The number of amides is 1. The number of rotatable bonds is 8. The SMILES string of the molecule is CCN(CC)NC(=O)c1cc(Cl)c(N/N=C(\C#N)C(=N)N)cc1OC. The maximum absolute atomic E-state index is 12.4. The number of halogens is 1. The Hall–Kier alpha value is -2.83. The van der Waals surface area contributed by atoms with Gasteiger partial charge < -0.3 is 10.5 Å². The minimum Gasteiger partial charge on any atom is -0.496 e. The summed E-state index contributed by atoms with van der Waals surface area (Å²) in [5.41, 5.74) is 10.8. The van der Waals surface area contributed by atoms with E-state index in [1.54, 1.807) is 11.1 Å². The van der Waals surface area contributed by atoms with Gasteiger partial charge in [-0.2, -0.15) is 10.4 Å². The standard InChI is InChI=1S/C15H20ClN7O2/c1-4-23(5-2)22-15(24)9-6-10(16)11(7-13(9)25-3)20-21-12(8-17)14(18)19/h6-7,20H,4-5H2,1-3H3,(H3,18,19)(H,22,24)/b21-12+. The molecular weight excluding hydrogens is 346 g/mol. The van der Waals surface area contributed by atoms with Crippen molar-refractivity contribution >= 4 is 34.7 Å². The molecule has 5 N–H and O–H groups in total. The van der Waals surface area contributed by atoms with Crippen LogP contribution >= 0.6 is 11.6 Å². The van der Waals surface area contributed by atoms with Crippen LogP contribution in [0.4, 0.5) is 5.69 Å². The van der Waals surface area contributed by atoms with Crippen molar-refractivity contribution < 1.29 is 9.53 Å². The zero-order valence-corrected chi connectivity index (χ0v) is 14.9. The molecule has 0 spiro atoms. The van der Waals surface area contributed by atoms with Gasteiger partial charge in [0.15, 0.2) is 5.84 Å². The summed E-state index contributed by atoms with van der Waals surface area (Å²) >= 11 is 6.16. The molecule has 0 aliphatic carbocycles. The number of hydrogen-bond acceptors (Lipinski definition) is 7. The summed E-state index contributed by atoms with van der Waals surface area (Å²) in [5.74, 6) is -0.569. The summed E-state index contributed by atoms with van der Waals surface area (Å²) in [6.45, 7) is 5.13. The molecule has 0 aromatic heterocycles. The Morgan fingerprint density at radius 1 is 1.48 bits per heavy atom. The zero-order valence-electron chi connectivity index (χ0n) is 14.2. The molecule has 9 nitrogen and oxygen atoms in total. The van der Waals surface area contributed by atoms with E-state index in [9.17, 15) is 4.79 Å². The van der Waals surface area contributed by atoms with E-state index < -0.39 is 5.84 Å². The number of hydrazone groups is 1. The Morgan fingerprint density at radius 2 is 2.12 bits per heavy atom. The van der Waals surface area contributed by atoms with Crippen molar-refractivity contribution in [3.05, 3.63) is 22.7 Å². The topological polar surface area (TPSA) is 140 Å². The Bertz CT molecular complexity index is 723. The van der Waals surface area contributed by atoms with Crippen LogP contribution in [0.3, 0.4) is 0 Å². The predicted octanol–water partition coefficient (Wildman–Crippen LogP) is 1.56. The summed E-state index contributed by atoms with van der Waals surface area (Å²) in [6.07, 6.45) is 0. The van der Waals surface area contributed by atoms with Crippen molar-refractivity contribution in [3.8, 4) is 11.8 Å². The van der Waals surface area contributed by atoms with Crippen LogP contribution in [0.5, 0.6) is 5.75 Å². The monoisotopic (exact) mass is 365 g/mol. The number of hydrogen-bond donors (Lipinski definition) is 4. The molecule has 1 aromatic carbocycles. The molecule has 0 fully saturated rings. The normalized spacial score (nSPS) is 11.0. The molecule has 134 valence electrons. The maximum atomic E-state index is 12.4. The van der Waals surface area contributed by atoms with Crippen molar-refractivity contribution in [2.75, 3.05) is 25.6 Å². The van der Waals surface area contributed by atoms with Crippen molar-refractivity contribution in [1.82, 2.24) is 10.4 Å². The van der Waals surface area contributed by atoms with E-state index >= 15 is 0 Å². The van der Waals surface area contributed by atoms with Crippen LogP contribution in [0.1, 0.15) is 24.2 Å². The van der Waals surface area contributed by atoms with E-state index in [-0.39, 0.29) is 28.0 Å². The van der Waals surface area contributed by atoms with Crippen LogP contribution in [0.25, 0.3) is 0 Å². The van der Waals surface area contributed by atoms with Gasteiger partial charge in [-0.15, -0.1) is 0 Å². The summed E-state index contributed by atoms with van der Waals surface area (Å²) < 4.78 is 5.23. The number of ether oxygens (including phenoxy) is 1. The van der Waals surface area contributed by atoms with Gasteiger partial charge in [0, 0.05) is 19.2 Å². The van der Waals surface area contributed by atoms with E-state index in [2.05, 4.69) is 16.0 Å². The number of anilines is 1. The van der Waals surface area contributed by atoms with Gasteiger partial charge in [-0.05, 0) is 6.07 Å². The number of nitriles is 1. The molecule has 0 bridgehead atoms. The second-order valence-corrected chi connectivity index (χ2v) is 5.15. The largest absolute Gasteiger partial charge is 0.496 e. The van der Waals surface area contributed by atoms with Gasteiger partial charge in [-0.1, -0.05) is 25.4 Å². The van der Waals surface area contributed by atoms with Gasteiger partial charge in [-0.25, -0.2) is 5.01 Å². The fraction of sp³-hybridized carbons (Fsp3) is 0.333. The van der Waals surface area contributed by atoms with Crippen molar-refractivity contribution in [2.45, 2.75) is 13.8 Å². The van der Waals surface area contributed by atoms with E-state index in [4.69, 9.17) is 32.7 Å². The first-order valence-corrected chi connectivity index (χ1v) is 7.77. The Balaban J connectivity index is 3.14. The lowest BCUT2D eigenvalue weighted by molar-refractivity contribution is 0.0802. The second kappa shape index (κ2) is 9.46. The van der Waals surface area contributed by atoms with Crippen LogP contribution < -0.4 is 21.3 Å². The number of carbonyl (C=O) groups is 1. The van der Waals surface area contributed by atoms with E-state index in [1.807, 2.05) is 13.8 Å². The number of nitrogens with one attached hydrogen (secondary N) is 3. The minimum atomic E-state index is -0.478. The fourth-order valence-electron chi connectivity index (χ4n) is 1.83. The number of nitrogens with zero attached hydrogens (tertiary/aromatic N) is 3. The summed E-state index contributed by atoms with van der Waals surface area (Å²) in [4.78, 5) is 12.4. The van der Waals surface area contributed by atoms with Crippen molar-refractivity contribution in [3.63, 3.8) is 0 Å². The number of benzene rings is 1. The first-order valence-electron chi connectivity index (χ1n) is 7.39. The summed E-state index contributed by atoms with van der Waals surface area (Å²) in [5, 5.41) is 21.7. The number of methoxy groups -OCH3 is 1. The number of amidine groups is 1. The van der Waals surface area contributed by atoms with Crippen LogP contribution in [0.2, 0.25) is 5.02 Å². The Labute approximate surface area is 150 Å². The smallest absolute Gasteiger partial charge is 0.269 e. The molecule has 0 heterocycles. The van der Waals surface area contributed by atoms with Gasteiger partial charge in [0.2, 0.25) is 5.71 Å². The minimum absolute atomic E-state index is 0.190. The van der Waals surface area contributed by atoms with Crippen molar-refractivity contribution in [2.24, 2.45) is 10.8 Å². The third-order valence-electron chi connectivity index (χ3n) is 3.21. The van der Waals surface area contributed by atoms with Crippen LogP contribution in [0, 0.1) is 16.7 Å². The highest BCUT2D eigenvalue weighted by Gasteiger charge is 2.17. The summed E-state index contributed by atoms with van der Waals surface area (Å²) in [7, 11) is 1.42. The molecule has 0 atom stereocenters. The maximum Gasteiger partial charge on any atom is 0.269 e. The molecule has 0 aliphatic rings. The quantitative estimate of drug-likeness (QED) is 0.313. The molecule has 1 rings (SSSR count). The molecule has 0 saturated heterocycles. The fourth-order valence-corrected chi connectivity index (χ4v) is 2.04. The first kappa shape index (κ1) is 20.2. The lowest BCUT2D eigenvalue weighted by Crippen LogP contribution is -2.41. The molecule has 0 aliphatic heterocycles. The van der Waals surface area contributed by atoms with E-state index in [1.165, 1.54) is 19.2 Å². The van der Waals surface area contributed by atoms with Gasteiger partial charge in [0.05, 0.1) is 23.4 Å². The predicted molar refractivity (Wildman–Crippen MR) is 97.0 cm³/mol. The number of hydrazine groups is 1. The zero-order chi connectivity index (χ0) is 19.0. The lowest BCUT2D eigenvalue weighted by atomic mass is 10.1. The van der Waals surface area contributed by atoms with Gasteiger partial charge in [0.25, 0.3) is 5.91 Å². The molecule has 10 heteroatoms. The molecule has 0 unspecified atom stereocenters. The number of nitrogens with two attached hydrogens (primary N) is 1. The third-order valence-corrected chi connectivity index (χ3v) is 3.52. The lowest BCUT2D eigenvalue weighted by Gasteiger charge is -2.20. The molecular formula is C15H20ClN7O2. The second-order valence-electron chi connectivity index (χ2n) is 4.74. The average molecular weight is 366 g/mol. The Morgan fingerprint density at radius 3 is 2.60 bits per heavy atom. The van der Waals surface area contributed by atoms with E-state index in [0.29, 0.717) is 18.8 Å². The molecule has 0 saturated carbocycles. The van der Waals surface area contributed by atoms with E-state index in [0.717, 1.165) is 0 Å². The van der Waals surface area contributed by atoms with Crippen molar-refractivity contribution in [1.29, 1.82) is 10.7 Å². The van der Waals surface area contributed by atoms with Crippen LogP contribution in [-0.4, -0.2) is 42.7 Å². The molecule has 1 aromatic rings. The molecule has 25 heavy (non-hydrogen) atoms. The third kappa shape index (κ3) is 5.34. The summed E-state index contributed by atoms with van der Waals surface area (Å²) in [6, 6.07) is 4.58. The van der Waals surface area contributed by atoms with Crippen LogP contribution in [-0.2, 0) is 0 Å². The molecule has 0 radical (unpaired) electrons. The molecule has 1 amide bonds. The number of carbonyl (C=O) groups excluding carboxylic acids is 1. The average Bonchev–Trinajstić information content (AvgIpc) is 2.60. The van der Waals surface area contributed by atoms with Gasteiger partial charge in [-0.3, -0.25) is 21.1 Å². The highest BCUT2D eigenvalue weighted by Crippen LogP contribution is 2.31.